The van der Waals surface area contributed by atoms with E-state index in [4.69, 9.17) is 14.2 Å². The van der Waals surface area contributed by atoms with Gasteiger partial charge in [-0.05, 0) is 12.1 Å². The van der Waals surface area contributed by atoms with Crippen LogP contribution in [-0.2, 0) is 9.53 Å². The molecular formula is C16H17N3O5. The van der Waals surface area contributed by atoms with E-state index in [-0.39, 0.29) is 18.8 Å². The van der Waals surface area contributed by atoms with Gasteiger partial charge in [-0.25, -0.2) is 9.78 Å². The summed E-state index contributed by atoms with van der Waals surface area (Å²) < 4.78 is 15.5. The van der Waals surface area contributed by atoms with Gasteiger partial charge in [0.2, 0.25) is 0 Å². The van der Waals surface area contributed by atoms with E-state index in [9.17, 15) is 9.59 Å². The molecule has 1 aromatic carbocycles. The van der Waals surface area contributed by atoms with Crippen LogP contribution in [0.1, 0.15) is 10.5 Å². The number of esters is 1. The maximum Gasteiger partial charge on any atom is 0.359 e. The summed E-state index contributed by atoms with van der Waals surface area (Å²) in [5.41, 5.74) is 0.0461. The highest BCUT2D eigenvalue weighted by Gasteiger charge is 2.11. The van der Waals surface area contributed by atoms with Crippen molar-refractivity contribution in [1.82, 2.24) is 15.3 Å². The number of nitrogens with one attached hydrogen (secondary N) is 1. The summed E-state index contributed by atoms with van der Waals surface area (Å²) in [5, 5.41) is 2.58. The van der Waals surface area contributed by atoms with Crippen LogP contribution >= 0.6 is 0 Å². The first-order chi connectivity index (χ1) is 11.7. The lowest BCUT2D eigenvalue weighted by Crippen LogP contribution is -2.32. The highest BCUT2D eigenvalue weighted by Crippen LogP contribution is 2.25. The Balaban J connectivity index is 1.66. The summed E-state index contributed by atoms with van der Waals surface area (Å²) in [6.45, 7) is 0.119. The van der Waals surface area contributed by atoms with Crippen LogP contribution in [0.5, 0.6) is 11.5 Å². The fourth-order valence-corrected chi connectivity index (χ4v) is 1.75. The molecule has 2 rings (SSSR count). The number of hydrogen-bond donors (Lipinski definition) is 1. The number of carbonyl (C=O) groups excluding carboxylic acids is 2. The SMILES string of the molecule is COc1ccccc1OCCNC(=O)COC(=O)c1cnccn1. The van der Waals surface area contributed by atoms with Gasteiger partial charge in [0.15, 0.2) is 23.8 Å². The van der Waals surface area contributed by atoms with E-state index >= 15 is 0 Å². The van der Waals surface area contributed by atoms with Gasteiger partial charge in [0.1, 0.15) is 6.61 Å². The highest BCUT2D eigenvalue weighted by atomic mass is 16.5. The molecule has 0 aliphatic rings. The van der Waals surface area contributed by atoms with Gasteiger partial charge in [0, 0.05) is 12.4 Å². The molecule has 0 atom stereocenters. The number of carbonyl (C=O) groups is 2. The molecule has 1 heterocycles. The molecule has 24 heavy (non-hydrogen) atoms. The number of rotatable bonds is 8. The minimum absolute atomic E-state index is 0.0461. The topological polar surface area (TPSA) is 99.6 Å². The van der Waals surface area contributed by atoms with Crippen molar-refractivity contribution < 1.29 is 23.8 Å². The minimum Gasteiger partial charge on any atom is -0.493 e. The summed E-state index contributed by atoms with van der Waals surface area (Å²) in [5.74, 6) is 0.0597. The van der Waals surface area contributed by atoms with E-state index in [2.05, 4.69) is 15.3 Å². The van der Waals surface area contributed by atoms with Crippen molar-refractivity contribution in [1.29, 1.82) is 0 Å². The molecule has 0 aliphatic carbocycles. The van der Waals surface area contributed by atoms with Crippen LogP contribution in [0.3, 0.4) is 0 Å². The van der Waals surface area contributed by atoms with Crippen LogP contribution in [0.25, 0.3) is 0 Å². The third-order valence-electron chi connectivity index (χ3n) is 2.86. The van der Waals surface area contributed by atoms with Gasteiger partial charge in [-0.1, -0.05) is 12.1 Å². The first-order valence-electron chi connectivity index (χ1n) is 7.16. The molecule has 0 spiro atoms. The number of benzene rings is 1. The van der Waals surface area contributed by atoms with Crippen LogP contribution in [0.2, 0.25) is 0 Å². The second kappa shape index (κ2) is 9.09. The standard InChI is InChI=1S/C16H17N3O5/c1-22-13-4-2-3-5-14(13)23-9-8-19-15(20)11-24-16(21)12-10-17-6-7-18-12/h2-7,10H,8-9,11H2,1H3,(H,19,20). The second-order valence-corrected chi connectivity index (χ2v) is 4.52. The first-order valence-corrected chi connectivity index (χ1v) is 7.16. The largest absolute Gasteiger partial charge is 0.493 e. The second-order valence-electron chi connectivity index (χ2n) is 4.52. The van der Waals surface area contributed by atoms with Gasteiger partial charge in [0.05, 0.1) is 19.9 Å². The van der Waals surface area contributed by atoms with Gasteiger partial charge in [0.25, 0.3) is 5.91 Å². The molecule has 0 saturated carbocycles. The molecule has 0 saturated heterocycles. The predicted octanol–water partition coefficient (Wildman–Crippen LogP) is 0.837. The molecular weight excluding hydrogens is 314 g/mol. The smallest absolute Gasteiger partial charge is 0.359 e. The summed E-state index contributed by atoms with van der Waals surface area (Å²) in [4.78, 5) is 30.7. The zero-order valence-electron chi connectivity index (χ0n) is 13.1. The maximum atomic E-state index is 11.6. The van der Waals surface area contributed by atoms with Crippen molar-refractivity contribution in [3.8, 4) is 11.5 Å². The normalized spacial score (nSPS) is 9.88. The monoisotopic (exact) mass is 331 g/mol. The molecule has 126 valence electrons. The van der Waals surface area contributed by atoms with E-state index in [1.165, 1.54) is 18.6 Å². The average Bonchev–Trinajstić information content (AvgIpc) is 2.64. The van der Waals surface area contributed by atoms with Crippen LogP contribution in [0, 0.1) is 0 Å². The molecule has 2 aromatic rings. The molecule has 0 aliphatic heterocycles. The Bertz CT molecular complexity index is 678. The van der Waals surface area contributed by atoms with Gasteiger partial charge in [-0.3, -0.25) is 9.78 Å². The summed E-state index contributed by atoms with van der Waals surface area (Å²) in [6.07, 6.45) is 4.07. The predicted molar refractivity (Wildman–Crippen MR) is 83.8 cm³/mol. The van der Waals surface area contributed by atoms with Crippen LogP contribution in [0.4, 0.5) is 0 Å². The van der Waals surface area contributed by atoms with Crippen molar-refractivity contribution in [3.05, 3.63) is 48.5 Å². The molecule has 0 bridgehead atoms. The fourth-order valence-electron chi connectivity index (χ4n) is 1.75. The third-order valence-corrected chi connectivity index (χ3v) is 2.86. The van der Waals surface area contributed by atoms with E-state index in [1.54, 1.807) is 19.2 Å². The molecule has 1 amide bonds. The quantitative estimate of drug-likeness (QED) is 0.565. The van der Waals surface area contributed by atoms with Crippen LogP contribution in [0.15, 0.2) is 42.9 Å². The number of nitrogens with zero attached hydrogens (tertiary/aromatic N) is 2. The van der Waals surface area contributed by atoms with Crippen LogP contribution in [-0.4, -0.2) is 48.7 Å². The average molecular weight is 331 g/mol. The Morgan fingerprint density at radius 2 is 1.96 bits per heavy atom. The number of para-hydroxylation sites is 2. The van der Waals surface area contributed by atoms with Gasteiger partial charge >= 0.3 is 5.97 Å². The van der Waals surface area contributed by atoms with Crippen molar-refractivity contribution >= 4 is 11.9 Å². The molecule has 1 N–H and O–H groups in total. The van der Waals surface area contributed by atoms with Gasteiger partial charge in [-0.2, -0.15) is 0 Å². The molecule has 1 aromatic heterocycles. The van der Waals surface area contributed by atoms with E-state index in [1.807, 2.05) is 12.1 Å². The lowest BCUT2D eigenvalue weighted by Gasteiger charge is -2.10. The van der Waals surface area contributed by atoms with E-state index < -0.39 is 18.5 Å². The fraction of sp³-hybridized carbons (Fsp3) is 0.250. The molecule has 0 fully saturated rings. The number of methoxy groups -OCH3 is 1. The Kier molecular flexibility index (Phi) is 6.51. The van der Waals surface area contributed by atoms with Crippen LogP contribution < -0.4 is 14.8 Å². The van der Waals surface area contributed by atoms with Crippen molar-refractivity contribution in [2.24, 2.45) is 0 Å². The van der Waals surface area contributed by atoms with E-state index in [0.29, 0.717) is 11.5 Å². The number of aromatic nitrogens is 2. The van der Waals surface area contributed by atoms with Crippen molar-refractivity contribution in [3.63, 3.8) is 0 Å². The summed E-state index contributed by atoms with van der Waals surface area (Å²) >= 11 is 0. The van der Waals surface area contributed by atoms with E-state index in [0.717, 1.165) is 0 Å². The van der Waals surface area contributed by atoms with Gasteiger partial charge in [-0.15, -0.1) is 0 Å². The zero-order chi connectivity index (χ0) is 17.2. The lowest BCUT2D eigenvalue weighted by atomic mass is 10.3. The number of ether oxygens (including phenoxy) is 3. The Hall–Kier alpha value is -3.16. The molecule has 0 radical (unpaired) electrons. The lowest BCUT2D eigenvalue weighted by molar-refractivity contribution is -0.124. The number of hydrogen-bond acceptors (Lipinski definition) is 7. The highest BCUT2D eigenvalue weighted by molar-refractivity contribution is 5.89. The zero-order valence-corrected chi connectivity index (χ0v) is 13.1. The molecule has 0 unspecified atom stereocenters. The van der Waals surface area contributed by atoms with Crippen molar-refractivity contribution in [2.45, 2.75) is 0 Å². The maximum absolute atomic E-state index is 11.6. The summed E-state index contributed by atoms with van der Waals surface area (Å²) in [6, 6.07) is 7.20. The van der Waals surface area contributed by atoms with Crippen molar-refractivity contribution in [2.75, 3.05) is 26.9 Å². The summed E-state index contributed by atoms with van der Waals surface area (Å²) in [7, 11) is 1.55. The first kappa shape index (κ1) is 17.2. The Morgan fingerprint density at radius 3 is 2.67 bits per heavy atom. The number of amides is 1. The minimum atomic E-state index is -0.705. The third kappa shape index (κ3) is 5.24. The Morgan fingerprint density at radius 1 is 1.17 bits per heavy atom. The molecule has 8 heteroatoms. The van der Waals surface area contributed by atoms with Gasteiger partial charge < -0.3 is 19.5 Å². The molecule has 8 nitrogen and oxygen atoms in total. The Labute approximate surface area is 138 Å².